The van der Waals surface area contributed by atoms with Gasteiger partial charge in [-0.15, -0.1) is 0 Å². The normalized spacial score (nSPS) is 12.5. The van der Waals surface area contributed by atoms with Crippen molar-refractivity contribution in [3.05, 3.63) is 65.2 Å². The maximum Gasteiger partial charge on any atom is 0.128 e. The summed E-state index contributed by atoms with van der Waals surface area (Å²) in [5, 5.41) is 3.12. The molecule has 0 radical (unpaired) electrons. The minimum Gasteiger partial charge on any atom is -0.378 e. The molecule has 0 aliphatic carbocycles. The lowest BCUT2D eigenvalue weighted by Gasteiger charge is -2.16. The topological polar surface area (TPSA) is 12.0 Å². The summed E-state index contributed by atoms with van der Waals surface area (Å²) in [7, 11) is 0. The van der Waals surface area contributed by atoms with Gasteiger partial charge in [-0.25, -0.2) is 8.78 Å². The zero-order valence-electron chi connectivity index (χ0n) is 12.7. The number of anilines is 1. The molecule has 1 N–H and O–H groups in total. The standard InChI is InChI=1S/C18H21F2N/c1-12(2)8-14-4-6-15(7-5-14)13(3)21-18-10-16(19)9-17(20)11-18/h4-7,9-13,21H,8H2,1-3H3. The van der Waals surface area contributed by atoms with E-state index in [1.807, 2.05) is 6.92 Å². The Bertz CT molecular complexity index is 570. The Balaban J connectivity index is 2.07. The highest BCUT2D eigenvalue weighted by atomic mass is 19.1. The molecule has 0 aliphatic rings. The fraction of sp³-hybridized carbons (Fsp3) is 0.333. The molecule has 21 heavy (non-hydrogen) atoms. The first kappa shape index (κ1) is 15.5. The van der Waals surface area contributed by atoms with Gasteiger partial charge in [0.1, 0.15) is 11.6 Å². The van der Waals surface area contributed by atoms with Gasteiger partial charge in [0.05, 0.1) is 0 Å². The summed E-state index contributed by atoms with van der Waals surface area (Å²) in [5.74, 6) is -0.518. The van der Waals surface area contributed by atoms with E-state index in [4.69, 9.17) is 0 Å². The average molecular weight is 289 g/mol. The van der Waals surface area contributed by atoms with E-state index in [1.54, 1.807) is 0 Å². The van der Waals surface area contributed by atoms with E-state index in [9.17, 15) is 8.78 Å². The van der Waals surface area contributed by atoms with Gasteiger partial charge in [-0.1, -0.05) is 38.1 Å². The van der Waals surface area contributed by atoms with Crippen LogP contribution in [0.5, 0.6) is 0 Å². The van der Waals surface area contributed by atoms with Gasteiger partial charge in [0.25, 0.3) is 0 Å². The molecule has 0 saturated carbocycles. The van der Waals surface area contributed by atoms with E-state index in [0.29, 0.717) is 11.6 Å². The van der Waals surface area contributed by atoms with Crippen molar-refractivity contribution in [1.29, 1.82) is 0 Å². The molecule has 0 fully saturated rings. The van der Waals surface area contributed by atoms with Crippen LogP contribution in [-0.4, -0.2) is 0 Å². The van der Waals surface area contributed by atoms with Crippen LogP contribution < -0.4 is 5.32 Å². The summed E-state index contributed by atoms with van der Waals surface area (Å²) in [6, 6.07) is 11.8. The molecule has 0 amide bonds. The van der Waals surface area contributed by atoms with Crippen LogP contribution in [0, 0.1) is 17.6 Å². The van der Waals surface area contributed by atoms with Crippen molar-refractivity contribution in [2.24, 2.45) is 5.92 Å². The monoisotopic (exact) mass is 289 g/mol. The Morgan fingerprint density at radius 1 is 0.905 bits per heavy atom. The largest absolute Gasteiger partial charge is 0.378 e. The number of nitrogens with one attached hydrogen (secondary N) is 1. The minimum absolute atomic E-state index is 0.0145. The molecule has 2 rings (SSSR count). The summed E-state index contributed by atoms with van der Waals surface area (Å²) < 4.78 is 26.4. The summed E-state index contributed by atoms with van der Waals surface area (Å²) in [6.45, 7) is 6.35. The quantitative estimate of drug-likeness (QED) is 0.783. The fourth-order valence-corrected chi connectivity index (χ4v) is 2.38. The van der Waals surface area contributed by atoms with Gasteiger partial charge in [-0.2, -0.15) is 0 Å². The van der Waals surface area contributed by atoms with Crippen LogP contribution >= 0.6 is 0 Å². The highest BCUT2D eigenvalue weighted by molar-refractivity contribution is 5.46. The zero-order valence-corrected chi connectivity index (χ0v) is 12.7. The fourth-order valence-electron chi connectivity index (χ4n) is 2.38. The second-order valence-electron chi connectivity index (χ2n) is 5.86. The molecular formula is C18H21F2N. The molecule has 3 heteroatoms. The highest BCUT2D eigenvalue weighted by Gasteiger charge is 2.08. The molecule has 1 unspecified atom stereocenters. The lowest BCUT2D eigenvalue weighted by atomic mass is 10.00. The van der Waals surface area contributed by atoms with Gasteiger partial charge in [-0.05, 0) is 42.5 Å². The minimum atomic E-state index is -0.572. The van der Waals surface area contributed by atoms with Crippen molar-refractivity contribution in [1.82, 2.24) is 0 Å². The maximum atomic E-state index is 13.2. The molecule has 2 aromatic carbocycles. The molecule has 0 aliphatic heterocycles. The van der Waals surface area contributed by atoms with E-state index in [-0.39, 0.29) is 6.04 Å². The molecule has 0 saturated heterocycles. The van der Waals surface area contributed by atoms with E-state index in [0.717, 1.165) is 18.1 Å². The first-order valence-electron chi connectivity index (χ1n) is 7.25. The van der Waals surface area contributed by atoms with Gasteiger partial charge >= 0.3 is 0 Å². The Labute approximate surface area is 125 Å². The molecular weight excluding hydrogens is 268 g/mol. The third-order valence-electron chi connectivity index (χ3n) is 3.37. The van der Waals surface area contributed by atoms with Crippen LogP contribution in [0.2, 0.25) is 0 Å². The summed E-state index contributed by atoms with van der Waals surface area (Å²) in [6.07, 6.45) is 1.05. The highest BCUT2D eigenvalue weighted by Crippen LogP contribution is 2.22. The van der Waals surface area contributed by atoms with Crippen LogP contribution in [0.4, 0.5) is 14.5 Å². The lowest BCUT2D eigenvalue weighted by Crippen LogP contribution is -2.07. The molecule has 112 valence electrons. The number of hydrogen-bond donors (Lipinski definition) is 1. The molecule has 0 aromatic heterocycles. The van der Waals surface area contributed by atoms with Gasteiger partial charge < -0.3 is 5.32 Å². The van der Waals surface area contributed by atoms with Crippen LogP contribution in [0.1, 0.15) is 37.9 Å². The predicted molar refractivity (Wildman–Crippen MR) is 83.4 cm³/mol. The molecule has 0 heterocycles. The van der Waals surface area contributed by atoms with E-state index < -0.39 is 11.6 Å². The number of rotatable bonds is 5. The summed E-state index contributed by atoms with van der Waals surface area (Å²) >= 11 is 0. The summed E-state index contributed by atoms with van der Waals surface area (Å²) in [4.78, 5) is 0. The van der Waals surface area contributed by atoms with E-state index in [1.165, 1.54) is 17.7 Å². The molecule has 0 spiro atoms. The van der Waals surface area contributed by atoms with Crippen molar-refractivity contribution in [2.45, 2.75) is 33.2 Å². The SMILES string of the molecule is CC(C)Cc1ccc(C(C)Nc2cc(F)cc(F)c2)cc1. The lowest BCUT2D eigenvalue weighted by molar-refractivity contribution is 0.583. The maximum absolute atomic E-state index is 13.2. The van der Waals surface area contributed by atoms with Crippen LogP contribution in [0.15, 0.2) is 42.5 Å². The number of hydrogen-bond acceptors (Lipinski definition) is 1. The van der Waals surface area contributed by atoms with Gasteiger partial charge in [0.15, 0.2) is 0 Å². The molecule has 1 atom stereocenters. The Hall–Kier alpha value is -1.90. The Morgan fingerprint density at radius 3 is 2.00 bits per heavy atom. The van der Waals surface area contributed by atoms with Crippen molar-refractivity contribution in [3.8, 4) is 0 Å². The van der Waals surface area contributed by atoms with Crippen molar-refractivity contribution >= 4 is 5.69 Å². The zero-order chi connectivity index (χ0) is 15.4. The third-order valence-corrected chi connectivity index (χ3v) is 3.37. The average Bonchev–Trinajstić information content (AvgIpc) is 2.37. The van der Waals surface area contributed by atoms with E-state index in [2.05, 4.69) is 43.4 Å². The molecule has 0 bridgehead atoms. The summed E-state index contributed by atoms with van der Waals surface area (Å²) in [5.41, 5.74) is 2.84. The number of benzene rings is 2. The Morgan fingerprint density at radius 2 is 1.48 bits per heavy atom. The van der Waals surface area contributed by atoms with Gasteiger partial charge in [0, 0.05) is 17.8 Å². The van der Waals surface area contributed by atoms with Crippen LogP contribution in [0.25, 0.3) is 0 Å². The van der Waals surface area contributed by atoms with Crippen LogP contribution in [-0.2, 0) is 6.42 Å². The first-order chi connectivity index (χ1) is 9.94. The molecule has 2 aromatic rings. The second kappa shape index (κ2) is 6.70. The van der Waals surface area contributed by atoms with Crippen molar-refractivity contribution in [2.75, 3.05) is 5.32 Å². The van der Waals surface area contributed by atoms with Gasteiger partial charge in [0.2, 0.25) is 0 Å². The van der Waals surface area contributed by atoms with Crippen molar-refractivity contribution in [3.63, 3.8) is 0 Å². The third kappa shape index (κ3) is 4.55. The first-order valence-corrected chi connectivity index (χ1v) is 7.25. The second-order valence-corrected chi connectivity index (χ2v) is 5.86. The smallest absolute Gasteiger partial charge is 0.128 e. The number of halogens is 2. The van der Waals surface area contributed by atoms with Crippen molar-refractivity contribution < 1.29 is 8.78 Å². The van der Waals surface area contributed by atoms with E-state index >= 15 is 0 Å². The van der Waals surface area contributed by atoms with Crippen LogP contribution in [0.3, 0.4) is 0 Å². The predicted octanol–water partition coefficient (Wildman–Crippen LogP) is 5.34. The Kier molecular flexibility index (Phi) is 4.94. The molecule has 1 nitrogen and oxygen atoms in total. The van der Waals surface area contributed by atoms with Gasteiger partial charge in [-0.3, -0.25) is 0 Å².